The average molecular weight is 463 g/mol. The van der Waals surface area contributed by atoms with Crippen LogP contribution in [0, 0.1) is 5.92 Å². The summed E-state index contributed by atoms with van der Waals surface area (Å²) < 4.78 is 0. The van der Waals surface area contributed by atoms with Crippen molar-refractivity contribution in [3.63, 3.8) is 0 Å². The zero-order valence-corrected chi connectivity index (χ0v) is 19.5. The number of thiol groups is 1. The molecule has 5 N–H and O–H groups in total. The minimum atomic E-state index is -1.19. The number of rotatable bonds is 12. The summed E-state index contributed by atoms with van der Waals surface area (Å²) in [5.41, 5.74) is 6.07. The van der Waals surface area contributed by atoms with Crippen molar-refractivity contribution in [2.45, 2.75) is 63.7 Å². The van der Waals surface area contributed by atoms with Gasteiger partial charge in [0.1, 0.15) is 18.1 Å². The fourth-order valence-electron chi connectivity index (χ4n) is 3.22. The summed E-state index contributed by atoms with van der Waals surface area (Å²) in [6, 6.07) is -3.40. The molecule has 1 saturated heterocycles. The van der Waals surface area contributed by atoms with E-state index in [1.54, 1.807) is 0 Å². The summed E-state index contributed by atoms with van der Waals surface area (Å²) in [5, 5.41) is 14.3. The predicted octanol–water partition coefficient (Wildman–Crippen LogP) is 0.0879. The Kier molecular flexibility index (Phi) is 11.6. The second-order valence-electron chi connectivity index (χ2n) is 7.53. The fourth-order valence-corrected chi connectivity index (χ4v) is 3.94. The minimum absolute atomic E-state index is 0.00361. The highest BCUT2D eigenvalue weighted by Crippen LogP contribution is 2.21. The van der Waals surface area contributed by atoms with Gasteiger partial charge in [0.2, 0.25) is 17.7 Å². The first-order chi connectivity index (χ1) is 14.2. The number of nitrogens with zero attached hydrogens (tertiary/aromatic N) is 1. The predicted molar refractivity (Wildman–Crippen MR) is 121 cm³/mol. The van der Waals surface area contributed by atoms with E-state index in [2.05, 4.69) is 23.3 Å². The van der Waals surface area contributed by atoms with E-state index < -0.39 is 42.0 Å². The lowest BCUT2D eigenvalue weighted by Crippen LogP contribution is -2.57. The minimum Gasteiger partial charge on any atom is -0.480 e. The van der Waals surface area contributed by atoms with E-state index in [0.29, 0.717) is 31.6 Å². The Morgan fingerprint density at radius 2 is 1.93 bits per heavy atom. The van der Waals surface area contributed by atoms with E-state index in [-0.39, 0.29) is 17.6 Å². The molecule has 5 unspecified atom stereocenters. The molecule has 1 fully saturated rings. The van der Waals surface area contributed by atoms with Gasteiger partial charge in [0.15, 0.2) is 0 Å². The smallest absolute Gasteiger partial charge is 0.327 e. The molecule has 9 nitrogen and oxygen atoms in total. The maximum atomic E-state index is 12.9. The lowest BCUT2D eigenvalue weighted by Gasteiger charge is -2.30. The lowest BCUT2D eigenvalue weighted by atomic mass is 9.98. The van der Waals surface area contributed by atoms with Gasteiger partial charge in [0.25, 0.3) is 0 Å². The summed E-state index contributed by atoms with van der Waals surface area (Å²) in [7, 11) is 0. The Hall–Kier alpha value is -1.46. The van der Waals surface area contributed by atoms with E-state index in [0.717, 1.165) is 6.42 Å². The molecule has 0 aromatic carbocycles. The van der Waals surface area contributed by atoms with Gasteiger partial charge in [-0.25, -0.2) is 4.79 Å². The van der Waals surface area contributed by atoms with Gasteiger partial charge in [0, 0.05) is 12.3 Å². The van der Waals surface area contributed by atoms with E-state index in [4.69, 9.17) is 10.8 Å². The first-order valence-electron chi connectivity index (χ1n) is 10.2. The fraction of sp³-hybridized carbons (Fsp3) is 0.789. The average Bonchev–Trinajstić information content (AvgIpc) is 3.22. The van der Waals surface area contributed by atoms with Gasteiger partial charge in [-0.3, -0.25) is 14.4 Å². The third kappa shape index (κ3) is 7.35. The molecule has 0 saturated carbocycles. The van der Waals surface area contributed by atoms with Gasteiger partial charge >= 0.3 is 5.97 Å². The van der Waals surface area contributed by atoms with Crippen LogP contribution in [0.2, 0.25) is 0 Å². The summed E-state index contributed by atoms with van der Waals surface area (Å²) >= 11 is 5.45. The number of hydrogen-bond acceptors (Lipinski definition) is 7. The number of carboxylic acids is 1. The highest BCUT2D eigenvalue weighted by atomic mass is 32.2. The van der Waals surface area contributed by atoms with Crippen molar-refractivity contribution in [3.05, 3.63) is 0 Å². The molecule has 0 aromatic rings. The van der Waals surface area contributed by atoms with Gasteiger partial charge in [-0.05, 0) is 37.2 Å². The Morgan fingerprint density at radius 1 is 1.27 bits per heavy atom. The summed E-state index contributed by atoms with van der Waals surface area (Å²) in [6.07, 6.45) is 4.14. The Bertz CT molecular complexity index is 622. The molecule has 3 amide bonds. The van der Waals surface area contributed by atoms with Crippen molar-refractivity contribution < 1.29 is 24.3 Å². The maximum Gasteiger partial charge on any atom is 0.327 e. The Labute approximate surface area is 187 Å². The van der Waals surface area contributed by atoms with E-state index in [1.807, 2.05) is 20.1 Å². The number of carboxylic acid groups (broad SMARTS) is 1. The maximum absolute atomic E-state index is 12.9. The first-order valence-corrected chi connectivity index (χ1v) is 12.2. The number of likely N-dealkylation sites (tertiary alicyclic amines) is 1. The van der Waals surface area contributed by atoms with Gasteiger partial charge < -0.3 is 26.4 Å². The standard InChI is InChI=1S/C19H34N4O5S2/c1-4-11(2)15(20)18(26)23-8-5-6-14(23)17(25)21-12(7-9-30-3)16(24)22-13(10-29)19(27)28/h11-15,29H,4-10,20H2,1-3H3,(H,21,25)(H,22,24)(H,27,28). The van der Waals surface area contributed by atoms with Crippen molar-refractivity contribution in [2.24, 2.45) is 11.7 Å². The van der Waals surface area contributed by atoms with Crippen molar-refractivity contribution in [1.29, 1.82) is 0 Å². The molecule has 1 rings (SSSR count). The largest absolute Gasteiger partial charge is 0.480 e. The van der Waals surface area contributed by atoms with Crippen LogP contribution in [0.5, 0.6) is 0 Å². The second kappa shape index (κ2) is 13.1. The lowest BCUT2D eigenvalue weighted by molar-refractivity contribution is -0.142. The number of amides is 3. The van der Waals surface area contributed by atoms with E-state index in [9.17, 15) is 19.2 Å². The van der Waals surface area contributed by atoms with Crippen LogP contribution in [0.4, 0.5) is 0 Å². The summed E-state index contributed by atoms with van der Waals surface area (Å²) in [4.78, 5) is 51.0. The SMILES string of the molecule is CCC(C)C(N)C(=O)N1CCCC1C(=O)NC(CCSC)C(=O)NC(CS)C(=O)O. The number of thioether (sulfide) groups is 1. The topological polar surface area (TPSA) is 142 Å². The summed E-state index contributed by atoms with van der Waals surface area (Å²) in [5.74, 6) is -1.92. The molecule has 0 radical (unpaired) electrons. The van der Waals surface area contributed by atoms with Crippen LogP contribution in [0.1, 0.15) is 39.5 Å². The molecular formula is C19H34N4O5S2. The monoisotopic (exact) mass is 462 g/mol. The number of aliphatic carboxylic acids is 1. The highest BCUT2D eigenvalue weighted by molar-refractivity contribution is 7.98. The molecule has 1 aliphatic rings. The van der Waals surface area contributed by atoms with Gasteiger partial charge in [-0.15, -0.1) is 0 Å². The summed E-state index contributed by atoms with van der Waals surface area (Å²) in [6.45, 7) is 4.30. The molecule has 0 bridgehead atoms. The number of carbonyl (C=O) groups is 4. The molecule has 172 valence electrons. The Morgan fingerprint density at radius 3 is 2.47 bits per heavy atom. The number of nitrogens with two attached hydrogens (primary N) is 1. The van der Waals surface area contributed by atoms with Crippen LogP contribution in [0.3, 0.4) is 0 Å². The second-order valence-corrected chi connectivity index (χ2v) is 8.88. The normalized spacial score (nSPS) is 20.2. The molecule has 1 aliphatic heterocycles. The molecular weight excluding hydrogens is 428 g/mol. The zero-order chi connectivity index (χ0) is 22.8. The van der Waals surface area contributed by atoms with Crippen LogP contribution in [-0.2, 0) is 19.2 Å². The highest BCUT2D eigenvalue weighted by Gasteiger charge is 2.38. The first kappa shape index (κ1) is 26.6. The molecule has 5 atom stereocenters. The molecule has 0 aromatic heterocycles. The van der Waals surface area contributed by atoms with Crippen molar-refractivity contribution in [2.75, 3.05) is 24.3 Å². The van der Waals surface area contributed by atoms with Crippen LogP contribution in [0.15, 0.2) is 0 Å². The van der Waals surface area contributed by atoms with Gasteiger partial charge in [0.05, 0.1) is 6.04 Å². The third-order valence-electron chi connectivity index (χ3n) is 5.42. The molecule has 30 heavy (non-hydrogen) atoms. The van der Waals surface area contributed by atoms with Crippen molar-refractivity contribution in [3.8, 4) is 0 Å². The molecule has 0 aliphatic carbocycles. The molecule has 0 spiro atoms. The van der Waals surface area contributed by atoms with Crippen LogP contribution in [0.25, 0.3) is 0 Å². The van der Waals surface area contributed by atoms with Crippen molar-refractivity contribution >= 4 is 48.1 Å². The number of hydrogen-bond donors (Lipinski definition) is 5. The van der Waals surface area contributed by atoms with Crippen molar-refractivity contribution in [1.82, 2.24) is 15.5 Å². The van der Waals surface area contributed by atoms with Crippen LogP contribution >= 0.6 is 24.4 Å². The number of carbonyl (C=O) groups excluding carboxylic acids is 3. The zero-order valence-electron chi connectivity index (χ0n) is 17.8. The van der Waals surface area contributed by atoms with E-state index >= 15 is 0 Å². The van der Waals surface area contributed by atoms with Crippen LogP contribution < -0.4 is 16.4 Å². The van der Waals surface area contributed by atoms with E-state index in [1.165, 1.54) is 16.7 Å². The number of nitrogens with one attached hydrogen (secondary N) is 2. The Balaban J connectivity index is 2.87. The molecule has 11 heteroatoms. The van der Waals surface area contributed by atoms with Gasteiger partial charge in [-0.1, -0.05) is 20.3 Å². The molecule has 1 heterocycles. The quantitative estimate of drug-likeness (QED) is 0.259. The van der Waals surface area contributed by atoms with Gasteiger partial charge in [-0.2, -0.15) is 24.4 Å². The third-order valence-corrected chi connectivity index (χ3v) is 6.43. The van der Waals surface area contributed by atoms with Crippen LogP contribution in [-0.4, -0.2) is 82.2 Å².